The van der Waals surface area contributed by atoms with E-state index in [9.17, 15) is 37.8 Å². The number of likely N-dealkylation sites (tertiary alicyclic amines) is 1. The van der Waals surface area contributed by atoms with Crippen molar-refractivity contribution in [2.75, 3.05) is 6.54 Å². The fourth-order valence-corrected chi connectivity index (χ4v) is 5.07. The van der Waals surface area contributed by atoms with Gasteiger partial charge in [0.15, 0.2) is 6.10 Å². The Hall–Kier alpha value is -4.09. The molecule has 3 amide bonds. The number of phenolic OH excluding ortho intramolecular Hbond substituents is 1. The number of aliphatic hydroxyl groups excluding tert-OH is 1. The van der Waals surface area contributed by atoms with Crippen molar-refractivity contribution in [2.45, 2.75) is 50.4 Å². The van der Waals surface area contributed by atoms with E-state index < -0.39 is 67.2 Å². The van der Waals surface area contributed by atoms with E-state index in [1.54, 1.807) is 30.3 Å². The zero-order valence-electron chi connectivity index (χ0n) is 22.5. The number of alkyl halides is 2. The molecule has 222 valence electrons. The quantitative estimate of drug-likeness (QED) is 0.297. The zero-order valence-corrected chi connectivity index (χ0v) is 23.2. The molecule has 0 aromatic heterocycles. The van der Waals surface area contributed by atoms with Gasteiger partial charge in [-0.05, 0) is 43.2 Å². The average Bonchev–Trinajstić information content (AvgIpc) is 3.28. The first kappa shape index (κ1) is 30.9. The van der Waals surface area contributed by atoms with Crippen molar-refractivity contribution in [1.82, 2.24) is 15.5 Å². The molecule has 4 N–H and O–H groups in total. The van der Waals surface area contributed by atoms with Crippen LogP contribution in [0, 0.1) is 12.7 Å². The molecular formula is C30H29ClF3N3O5. The molecule has 1 aliphatic rings. The summed E-state index contributed by atoms with van der Waals surface area (Å²) >= 11 is 5.99. The van der Waals surface area contributed by atoms with E-state index >= 15 is 0 Å². The number of aromatic hydroxyl groups is 1. The van der Waals surface area contributed by atoms with Gasteiger partial charge in [0.25, 0.3) is 17.7 Å². The molecule has 4 rings (SSSR count). The van der Waals surface area contributed by atoms with Crippen LogP contribution in [0.25, 0.3) is 0 Å². The average molecular weight is 604 g/mol. The largest absolute Gasteiger partial charge is 0.508 e. The number of amides is 3. The number of benzene rings is 3. The van der Waals surface area contributed by atoms with Gasteiger partial charge < -0.3 is 25.7 Å². The summed E-state index contributed by atoms with van der Waals surface area (Å²) in [5.41, 5.74) is 0.929. The second-order valence-corrected chi connectivity index (χ2v) is 10.5. The minimum absolute atomic E-state index is 0.0249. The van der Waals surface area contributed by atoms with Gasteiger partial charge in [0.1, 0.15) is 17.6 Å². The highest BCUT2D eigenvalue weighted by molar-refractivity contribution is 6.31. The van der Waals surface area contributed by atoms with Crippen LogP contribution in [-0.4, -0.2) is 63.5 Å². The highest BCUT2D eigenvalue weighted by atomic mass is 35.5. The Morgan fingerprint density at radius 3 is 2.45 bits per heavy atom. The Kier molecular flexibility index (Phi) is 9.43. The number of hydrogen-bond donors (Lipinski definition) is 4. The van der Waals surface area contributed by atoms with Gasteiger partial charge in [-0.2, -0.15) is 0 Å². The normalized spacial score (nSPS) is 17.4. The van der Waals surface area contributed by atoms with E-state index in [0.29, 0.717) is 10.5 Å². The first-order valence-corrected chi connectivity index (χ1v) is 13.5. The number of aliphatic hydroxyl groups is 1. The van der Waals surface area contributed by atoms with E-state index in [2.05, 4.69) is 10.6 Å². The third-order valence-corrected chi connectivity index (χ3v) is 7.51. The predicted octanol–water partition coefficient (Wildman–Crippen LogP) is 3.75. The Labute approximate surface area is 245 Å². The van der Waals surface area contributed by atoms with Crippen molar-refractivity contribution in [3.8, 4) is 5.75 Å². The maximum atomic E-state index is 14.6. The molecule has 0 bridgehead atoms. The first-order valence-electron chi connectivity index (χ1n) is 13.1. The van der Waals surface area contributed by atoms with Gasteiger partial charge in [-0.1, -0.05) is 54.1 Å². The molecule has 8 nitrogen and oxygen atoms in total. The Bertz CT molecular complexity index is 1450. The highest BCUT2D eigenvalue weighted by Crippen LogP contribution is 2.33. The number of nitrogens with zero attached hydrogens (tertiary/aromatic N) is 1. The molecule has 12 heteroatoms. The van der Waals surface area contributed by atoms with Gasteiger partial charge in [0.2, 0.25) is 5.91 Å². The number of rotatable bonds is 9. The van der Waals surface area contributed by atoms with Crippen molar-refractivity contribution in [1.29, 1.82) is 0 Å². The Balaban J connectivity index is 1.56. The van der Waals surface area contributed by atoms with Gasteiger partial charge in [-0.15, -0.1) is 0 Å². The lowest BCUT2D eigenvalue weighted by Crippen LogP contribution is -2.56. The SMILES string of the molecule is Cc1c(O)cccc1C(=O)NC(Cc1ccccc1)[C@H](O)C(=O)N1CC(F)(F)C[C@H]1C(=O)NCc1c(F)cccc1Cl. The first-order chi connectivity index (χ1) is 19.9. The van der Waals surface area contributed by atoms with Crippen molar-refractivity contribution in [2.24, 2.45) is 0 Å². The zero-order chi connectivity index (χ0) is 30.6. The number of hydrogen-bond acceptors (Lipinski definition) is 5. The van der Waals surface area contributed by atoms with Crippen LogP contribution >= 0.6 is 11.6 Å². The molecule has 1 heterocycles. The summed E-state index contributed by atoms with van der Waals surface area (Å²) in [4.78, 5) is 40.2. The molecule has 1 saturated heterocycles. The molecule has 3 aromatic rings. The van der Waals surface area contributed by atoms with E-state index in [0.717, 1.165) is 6.07 Å². The monoisotopic (exact) mass is 603 g/mol. The molecule has 0 aliphatic carbocycles. The lowest BCUT2D eigenvalue weighted by Gasteiger charge is -2.30. The van der Waals surface area contributed by atoms with Crippen LogP contribution in [0.15, 0.2) is 66.7 Å². The molecule has 0 radical (unpaired) electrons. The minimum atomic E-state index is -3.44. The highest BCUT2D eigenvalue weighted by Gasteiger charge is 2.51. The topological polar surface area (TPSA) is 119 Å². The Morgan fingerprint density at radius 1 is 1.07 bits per heavy atom. The number of carbonyl (C=O) groups excluding carboxylic acids is 3. The molecule has 42 heavy (non-hydrogen) atoms. The summed E-state index contributed by atoms with van der Waals surface area (Å²) < 4.78 is 43.3. The summed E-state index contributed by atoms with van der Waals surface area (Å²) in [7, 11) is 0. The van der Waals surface area contributed by atoms with E-state index in [1.807, 2.05) is 0 Å². The maximum Gasteiger partial charge on any atom is 0.267 e. The van der Waals surface area contributed by atoms with Gasteiger partial charge in [-0.3, -0.25) is 14.4 Å². The number of nitrogens with one attached hydrogen (secondary N) is 2. The molecule has 3 aromatic carbocycles. The van der Waals surface area contributed by atoms with Gasteiger partial charge in [0.05, 0.1) is 12.6 Å². The summed E-state index contributed by atoms with van der Waals surface area (Å²) in [6, 6.07) is 13.8. The van der Waals surface area contributed by atoms with Crippen molar-refractivity contribution in [3.63, 3.8) is 0 Å². The minimum Gasteiger partial charge on any atom is -0.508 e. The number of halogens is 4. The van der Waals surface area contributed by atoms with Crippen molar-refractivity contribution < 1.29 is 37.8 Å². The third-order valence-electron chi connectivity index (χ3n) is 7.16. The molecule has 0 saturated carbocycles. The van der Waals surface area contributed by atoms with Crippen LogP contribution in [0.5, 0.6) is 5.75 Å². The molecule has 1 aliphatic heterocycles. The smallest absolute Gasteiger partial charge is 0.267 e. The van der Waals surface area contributed by atoms with Crippen LogP contribution in [-0.2, 0) is 22.6 Å². The number of phenols is 1. The lowest BCUT2D eigenvalue weighted by molar-refractivity contribution is -0.147. The van der Waals surface area contributed by atoms with Crippen molar-refractivity contribution in [3.05, 3.63) is 99.8 Å². The molecule has 0 spiro atoms. The van der Waals surface area contributed by atoms with Crippen LogP contribution in [0.2, 0.25) is 5.02 Å². The van der Waals surface area contributed by atoms with Gasteiger partial charge in [0, 0.05) is 34.7 Å². The van der Waals surface area contributed by atoms with E-state index in [4.69, 9.17) is 11.6 Å². The van der Waals surface area contributed by atoms with Crippen LogP contribution in [0.3, 0.4) is 0 Å². The van der Waals surface area contributed by atoms with Crippen LogP contribution in [0.1, 0.15) is 33.5 Å². The van der Waals surface area contributed by atoms with Gasteiger partial charge >= 0.3 is 0 Å². The third kappa shape index (κ3) is 7.03. The Morgan fingerprint density at radius 2 is 1.76 bits per heavy atom. The standard InChI is InChI=1S/C30H29ClF3N3O5/c1-17-19(9-5-12-25(17)38)27(40)36-23(13-18-7-3-2-4-8-18)26(39)29(42)37-16-30(33,34)14-24(37)28(41)35-15-20-21(31)10-6-11-22(20)32/h2-12,23-24,26,38-39H,13-16H2,1H3,(H,35,41)(H,36,40)/t23?,24-,26-/m0/s1. The van der Waals surface area contributed by atoms with Gasteiger partial charge in [-0.25, -0.2) is 13.2 Å². The second-order valence-electron chi connectivity index (χ2n) is 10.1. The van der Waals surface area contributed by atoms with E-state index in [1.165, 1.54) is 37.3 Å². The fraction of sp³-hybridized carbons (Fsp3) is 0.300. The summed E-state index contributed by atoms with van der Waals surface area (Å²) in [5, 5.41) is 26.1. The molecule has 1 fully saturated rings. The molecule has 1 unspecified atom stereocenters. The molecule has 3 atom stereocenters. The summed E-state index contributed by atoms with van der Waals surface area (Å²) in [6.07, 6.45) is -3.08. The summed E-state index contributed by atoms with van der Waals surface area (Å²) in [5.74, 6) is -7.16. The fourth-order valence-electron chi connectivity index (χ4n) is 4.84. The second kappa shape index (κ2) is 12.8. The van der Waals surface area contributed by atoms with Crippen LogP contribution < -0.4 is 10.6 Å². The van der Waals surface area contributed by atoms with Crippen molar-refractivity contribution >= 4 is 29.3 Å². The van der Waals surface area contributed by atoms with Crippen LogP contribution in [0.4, 0.5) is 13.2 Å². The lowest BCUT2D eigenvalue weighted by atomic mass is 9.98. The predicted molar refractivity (Wildman–Crippen MR) is 149 cm³/mol. The van der Waals surface area contributed by atoms with E-state index in [-0.39, 0.29) is 33.9 Å². The molecular weight excluding hydrogens is 575 g/mol. The summed E-state index contributed by atoms with van der Waals surface area (Å²) in [6.45, 7) is -0.0336. The maximum absolute atomic E-state index is 14.6. The number of carbonyl (C=O) groups is 3.